The molecule has 1 fully saturated rings. The van der Waals surface area contributed by atoms with Gasteiger partial charge < -0.3 is 5.32 Å². The van der Waals surface area contributed by atoms with E-state index in [1.807, 2.05) is 0 Å². The van der Waals surface area contributed by atoms with Gasteiger partial charge in [-0.2, -0.15) is 0 Å². The van der Waals surface area contributed by atoms with Crippen LogP contribution in [0.1, 0.15) is 0 Å². The van der Waals surface area contributed by atoms with Crippen LogP contribution >= 0.6 is 0 Å². The van der Waals surface area contributed by atoms with Crippen LogP contribution in [0.5, 0.6) is 0 Å². The summed E-state index contributed by atoms with van der Waals surface area (Å²) in [4.78, 5) is 0. The number of nitrogens with one attached hydrogen (secondary N) is 3. The average molecular weight is 97.1 g/mol. The Morgan fingerprint density at radius 3 is 1.57 bits per heavy atom. The molecule has 3 N–H and O–H groups in total. The van der Waals surface area contributed by atoms with E-state index in [0.717, 1.165) is 11.6 Å². The summed E-state index contributed by atoms with van der Waals surface area (Å²) < 4.78 is 0. The summed E-state index contributed by atoms with van der Waals surface area (Å²) in [5, 5.41) is 2.81. The topological polar surface area (TPSA) is 36.1 Å². The van der Waals surface area contributed by atoms with Crippen molar-refractivity contribution in [1.82, 2.24) is 16.2 Å². The van der Waals surface area contributed by atoms with Crippen LogP contribution in [0.4, 0.5) is 0 Å². The summed E-state index contributed by atoms with van der Waals surface area (Å²) in [6.07, 6.45) is 0. The summed E-state index contributed by atoms with van der Waals surface area (Å²) in [7, 11) is 0. The molecule has 3 nitrogen and oxygen atoms in total. The van der Waals surface area contributed by atoms with Gasteiger partial charge in [0.2, 0.25) is 0 Å². The maximum absolute atomic E-state index is 3.56. The van der Waals surface area contributed by atoms with Gasteiger partial charge in [-0.25, -0.2) is 0 Å². The van der Waals surface area contributed by atoms with Crippen LogP contribution in [0.15, 0.2) is 24.8 Å². The van der Waals surface area contributed by atoms with Crippen molar-refractivity contribution in [3.05, 3.63) is 24.8 Å². The normalized spacial score (nSPS) is 17.7. The van der Waals surface area contributed by atoms with Gasteiger partial charge in [-0.1, -0.05) is 13.2 Å². The second kappa shape index (κ2) is 1.18. The standard InChI is InChI=1S/C4H7N3/c1-3-5-4(2)7-6-3/h5-7H,1-2H2. The summed E-state index contributed by atoms with van der Waals surface area (Å²) in [6, 6.07) is 0. The molecule has 1 saturated heterocycles. The summed E-state index contributed by atoms with van der Waals surface area (Å²) in [6.45, 7) is 7.12. The lowest BCUT2D eigenvalue weighted by Gasteiger charge is -1.87. The number of hydrazine groups is 1. The molecule has 0 bridgehead atoms. The Morgan fingerprint density at radius 1 is 1.00 bits per heavy atom. The maximum Gasteiger partial charge on any atom is 0.116 e. The van der Waals surface area contributed by atoms with Gasteiger partial charge in [0, 0.05) is 0 Å². The minimum absolute atomic E-state index is 0.741. The van der Waals surface area contributed by atoms with E-state index in [0.29, 0.717) is 0 Å². The molecule has 0 aromatic carbocycles. The van der Waals surface area contributed by atoms with Crippen molar-refractivity contribution in [3.8, 4) is 0 Å². The van der Waals surface area contributed by atoms with Crippen LogP contribution in [-0.4, -0.2) is 0 Å². The smallest absolute Gasteiger partial charge is 0.116 e. The molecule has 7 heavy (non-hydrogen) atoms. The molecule has 1 heterocycles. The fourth-order valence-electron chi connectivity index (χ4n) is 0.396. The van der Waals surface area contributed by atoms with Crippen LogP contribution in [-0.2, 0) is 0 Å². The minimum Gasteiger partial charge on any atom is -0.327 e. The highest BCUT2D eigenvalue weighted by Crippen LogP contribution is 1.87. The largest absolute Gasteiger partial charge is 0.327 e. The van der Waals surface area contributed by atoms with Gasteiger partial charge in [0.1, 0.15) is 11.6 Å². The Hall–Kier alpha value is -1.12. The third-order valence-electron chi connectivity index (χ3n) is 0.666. The van der Waals surface area contributed by atoms with Crippen molar-refractivity contribution in [2.24, 2.45) is 0 Å². The number of rotatable bonds is 0. The van der Waals surface area contributed by atoms with Gasteiger partial charge in [0.25, 0.3) is 0 Å². The van der Waals surface area contributed by atoms with Gasteiger partial charge in [0.15, 0.2) is 0 Å². The molecule has 0 amide bonds. The summed E-state index contributed by atoms with van der Waals surface area (Å²) >= 11 is 0. The Bertz CT molecular complexity index is 102. The van der Waals surface area contributed by atoms with Crippen molar-refractivity contribution in [2.75, 3.05) is 0 Å². The van der Waals surface area contributed by atoms with Crippen molar-refractivity contribution in [2.45, 2.75) is 0 Å². The highest BCUT2D eigenvalue weighted by molar-refractivity contribution is 5.06. The van der Waals surface area contributed by atoms with Gasteiger partial charge in [0.05, 0.1) is 0 Å². The second-order valence-corrected chi connectivity index (χ2v) is 1.33. The molecule has 0 aliphatic carbocycles. The number of hydrogen-bond acceptors (Lipinski definition) is 3. The molecule has 0 spiro atoms. The predicted octanol–water partition coefficient (Wildman–Crippen LogP) is -0.374. The van der Waals surface area contributed by atoms with Crippen LogP contribution in [0.2, 0.25) is 0 Å². The monoisotopic (exact) mass is 97.1 g/mol. The predicted molar refractivity (Wildman–Crippen MR) is 27.7 cm³/mol. The minimum atomic E-state index is 0.741. The van der Waals surface area contributed by atoms with Crippen molar-refractivity contribution in [1.29, 1.82) is 0 Å². The lowest BCUT2D eigenvalue weighted by molar-refractivity contribution is 0.781. The fourth-order valence-corrected chi connectivity index (χ4v) is 0.396. The molecular formula is C4H7N3. The van der Waals surface area contributed by atoms with E-state index in [2.05, 4.69) is 29.3 Å². The third-order valence-corrected chi connectivity index (χ3v) is 0.666. The van der Waals surface area contributed by atoms with E-state index in [1.165, 1.54) is 0 Å². The zero-order chi connectivity index (χ0) is 5.28. The lowest BCUT2D eigenvalue weighted by Crippen LogP contribution is -2.18. The Labute approximate surface area is 42.1 Å². The Morgan fingerprint density at radius 2 is 1.43 bits per heavy atom. The van der Waals surface area contributed by atoms with E-state index in [9.17, 15) is 0 Å². The first kappa shape index (κ1) is 4.05. The van der Waals surface area contributed by atoms with E-state index in [-0.39, 0.29) is 0 Å². The first-order valence-corrected chi connectivity index (χ1v) is 1.96. The van der Waals surface area contributed by atoms with E-state index in [4.69, 9.17) is 0 Å². The summed E-state index contributed by atoms with van der Waals surface area (Å²) in [5.74, 6) is 1.48. The maximum atomic E-state index is 3.56. The molecule has 1 rings (SSSR count). The molecule has 0 atom stereocenters. The molecule has 1 aliphatic rings. The second-order valence-electron chi connectivity index (χ2n) is 1.33. The van der Waals surface area contributed by atoms with Crippen molar-refractivity contribution >= 4 is 0 Å². The fraction of sp³-hybridized carbons (Fsp3) is 0. The Kier molecular flexibility index (Phi) is 0.685. The van der Waals surface area contributed by atoms with Crippen LogP contribution < -0.4 is 16.2 Å². The zero-order valence-electron chi connectivity index (χ0n) is 3.91. The molecule has 0 radical (unpaired) electrons. The zero-order valence-corrected chi connectivity index (χ0v) is 3.91. The summed E-state index contributed by atoms with van der Waals surface area (Å²) in [5.41, 5.74) is 5.43. The van der Waals surface area contributed by atoms with E-state index < -0.39 is 0 Å². The van der Waals surface area contributed by atoms with Crippen LogP contribution in [0, 0.1) is 0 Å². The van der Waals surface area contributed by atoms with Crippen molar-refractivity contribution < 1.29 is 0 Å². The average Bonchev–Trinajstić information content (AvgIpc) is 1.87. The van der Waals surface area contributed by atoms with Gasteiger partial charge >= 0.3 is 0 Å². The third kappa shape index (κ3) is 0.652. The van der Waals surface area contributed by atoms with Gasteiger partial charge in [-0.3, -0.25) is 10.9 Å². The quantitative estimate of drug-likeness (QED) is 0.386. The highest BCUT2D eigenvalue weighted by Gasteiger charge is 2.00. The molecule has 3 heteroatoms. The Balaban J connectivity index is 2.55. The molecular weight excluding hydrogens is 90.1 g/mol. The highest BCUT2D eigenvalue weighted by atomic mass is 15.5. The first-order chi connectivity index (χ1) is 3.29. The molecule has 0 saturated carbocycles. The van der Waals surface area contributed by atoms with Gasteiger partial charge in [-0.05, 0) is 0 Å². The molecule has 0 unspecified atom stereocenters. The van der Waals surface area contributed by atoms with E-state index in [1.54, 1.807) is 0 Å². The molecule has 1 aliphatic heterocycles. The van der Waals surface area contributed by atoms with Gasteiger partial charge in [-0.15, -0.1) is 0 Å². The molecule has 0 aromatic rings. The SMILES string of the molecule is C=C1NNC(=C)N1. The van der Waals surface area contributed by atoms with E-state index >= 15 is 0 Å². The molecule has 38 valence electrons. The van der Waals surface area contributed by atoms with Crippen molar-refractivity contribution in [3.63, 3.8) is 0 Å². The lowest BCUT2D eigenvalue weighted by atomic mass is 10.8. The molecule has 0 aromatic heterocycles. The van der Waals surface area contributed by atoms with Crippen LogP contribution in [0.25, 0.3) is 0 Å². The van der Waals surface area contributed by atoms with Crippen LogP contribution in [0.3, 0.4) is 0 Å². The first-order valence-electron chi connectivity index (χ1n) is 1.96. The number of hydrogen-bond donors (Lipinski definition) is 3.